The average molecular weight is 286 g/mol. The summed E-state index contributed by atoms with van der Waals surface area (Å²) in [5.74, 6) is 1.44. The number of nitrogens with zero attached hydrogens (tertiary/aromatic N) is 2. The van der Waals surface area contributed by atoms with Crippen molar-refractivity contribution < 1.29 is 9.53 Å². The Morgan fingerprint density at radius 3 is 2.57 bits per heavy atom. The van der Waals surface area contributed by atoms with Gasteiger partial charge < -0.3 is 4.74 Å². The summed E-state index contributed by atoms with van der Waals surface area (Å²) in [5, 5.41) is 4.54. The summed E-state index contributed by atoms with van der Waals surface area (Å²) >= 11 is 0. The molecular formula is C17H22N2O2. The maximum Gasteiger partial charge on any atom is 0.153 e. The van der Waals surface area contributed by atoms with Crippen LogP contribution >= 0.6 is 0 Å². The molecule has 0 unspecified atom stereocenters. The van der Waals surface area contributed by atoms with E-state index in [2.05, 4.69) is 18.9 Å². The highest BCUT2D eigenvalue weighted by molar-refractivity contribution is 5.85. The molecule has 4 nitrogen and oxygen atoms in total. The number of ether oxygens (including phenoxy) is 1. The number of aromatic nitrogens is 2. The van der Waals surface area contributed by atoms with Gasteiger partial charge in [-0.2, -0.15) is 5.10 Å². The van der Waals surface area contributed by atoms with E-state index in [-0.39, 0.29) is 0 Å². The van der Waals surface area contributed by atoms with Gasteiger partial charge in [0.1, 0.15) is 11.4 Å². The minimum absolute atomic E-state index is 0.614. The van der Waals surface area contributed by atoms with E-state index >= 15 is 0 Å². The molecule has 112 valence electrons. The van der Waals surface area contributed by atoms with Gasteiger partial charge in [0.25, 0.3) is 0 Å². The van der Waals surface area contributed by atoms with E-state index in [1.807, 2.05) is 42.1 Å². The molecule has 1 aromatic heterocycles. The summed E-state index contributed by atoms with van der Waals surface area (Å²) in [5.41, 5.74) is 2.29. The molecule has 0 aliphatic carbocycles. The minimum Gasteiger partial charge on any atom is -0.494 e. The predicted octanol–water partition coefficient (Wildman–Crippen LogP) is 3.81. The number of carbonyl (C=O) groups excluding carboxylic acids is 1. The summed E-state index contributed by atoms with van der Waals surface area (Å²) in [4.78, 5) is 11.2. The molecule has 2 rings (SSSR count). The zero-order valence-electron chi connectivity index (χ0n) is 12.9. The largest absolute Gasteiger partial charge is 0.494 e. The summed E-state index contributed by atoms with van der Waals surface area (Å²) in [7, 11) is 0. The molecule has 1 aromatic carbocycles. The highest BCUT2D eigenvalue weighted by Crippen LogP contribution is 2.24. The molecule has 0 radical (unpaired) electrons. The van der Waals surface area contributed by atoms with Crippen molar-refractivity contribution in [2.24, 2.45) is 5.92 Å². The quantitative estimate of drug-likeness (QED) is 0.727. The first-order chi connectivity index (χ1) is 10.1. The third kappa shape index (κ3) is 3.94. The normalized spacial score (nSPS) is 10.9. The first-order valence-electron chi connectivity index (χ1n) is 7.40. The number of aryl methyl sites for hydroxylation is 1. The van der Waals surface area contributed by atoms with E-state index in [0.29, 0.717) is 18.1 Å². The Morgan fingerprint density at radius 1 is 1.29 bits per heavy atom. The molecule has 0 saturated carbocycles. The average Bonchev–Trinajstić information content (AvgIpc) is 2.89. The first kappa shape index (κ1) is 15.3. The predicted molar refractivity (Wildman–Crippen MR) is 83.7 cm³/mol. The highest BCUT2D eigenvalue weighted by atomic mass is 16.5. The zero-order chi connectivity index (χ0) is 15.2. The van der Waals surface area contributed by atoms with Crippen molar-refractivity contribution in [1.82, 2.24) is 9.78 Å². The van der Waals surface area contributed by atoms with E-state index in [9.17, 15) is 4.79 Å². The Balaban J connectivity index is 2.23. The minimum atomic E-state index is 0.614. The number of carbonyl (C=O) groups is 1. The summed E-state index contributed by atoms with van der Waals surface area (Å²) < 4.78 is 7.28. The zero-order valence-corrected chi connectivity index (χ0v) is 12.9. The van der Waals surface area contributed by atoms with Crippen LogP contribution < -0.4 is 4.74 Å². The number of rotatable bonds is 7. The Bertz CT molecular complexity index is 585. The van der Waals surface area contributed by atoms with Gasteiger partial charge in [-0.1, -0.05) is 13.8 Å². The third-order valence-corrected chi connectivity index (χ3v) is 3.29. The Hall–Kier alpha value is -2.10. The van der Waals surface area contributed by atoms with Gasteiger partial charge in [0.15, 0.2) is 6.29 Å². The number of hydrogen-bond acceptors (Lipinski definition) is 3. The van der Waals surface area contributed by atoms with Crippen molar-refractivity contribution in [3.63, 3.8) is 0 Å². The highest BCUT2D eigenvalue weighted by Gasteiger charge is 2.11. The van der Waals surface area contributed by atoms with E-state index in [4.69, 9.17) is 4.74 Å². The van der Waals surface area contributed by atoms with Crippen molar-refractivity contribution >= 4 is 6.29 Å². The van der Waals surface area contributed by atoms with Crippen LogP contribution in [-0.4, -0.2) is 22.7 Å². The van der Waals surface area contributed by atoms with E-state index in [1.165, 1.54) is 0 Å². The van der Waals surface area contributed by atoms with Gasteiger partial charge in [-0.05, 0) is 43.5 Å². The molecule has 0 fully saturated rings. The molecule has 0 saturated heterocycles. The lowest BCUT2D eigenvalue weighted by Crippen LogP contribution is -2.02. The Morgan fingerprint density at radius 2 is 2.00 bits per heavy atom. The standard InChI is InChI=1S/C17H22N2O2/c1-4-21-16-7-5-14(6-8-16)17-15(12-20)11-19(18-17)10-9-13(2)3/h5-8,11-13H,4,9-10H2,1-3H3. The van der Waals surface area contributed by atoms with Crippen molar-refractivity contribution in [2.45, 2.75) is 33.7 Å². The fourth-order valence-corrected chi connectivity index (χ4v) is 2.13. The Kier molecular flexibility index (Phi) is 5.14. The Labute approximate surface area is 125 Å². The van der Waals surface area contributed by atoms with E-state index in [0.717, 1.165) is 36.3 Å². The molecule has 2 aromatic rings. The van der Waals surface area contributed by atoms with Crippen LogP contribution in [0.15, 0.2) is 30.5 Å². The van der Waals surface area contributed by atoms with Crippen molar-refractivity contribution in [2.75, 3.05) is 6.61 Å². The van der Waals surface area contributed by atoms with Crippen molar-refractivity contribution in [3.8, 4) is 17.0 Å². The lowest BCUT2D eigenvalue weighted by Gasteiger charge is -2.05. The second-order valence-electron chi connectivity index (χ2n) is 5.45. The SMILES string of the molecule is CCOc1ccc(-c2nn(CCC(C)C)cc2C=O)cc1. The van der Waals surface area contributed by atoms with Gasteiger partial charge in [-0.25, -0.2) is 0 Å². The molecule has 0 aliphatic heterocycles. The van der Waals surface area contributed by atoms with Crippen LogP contribution in [0.2, 0.25) is 0 Å². The van der Waals surface area contributed by atoms with Gasteiger partial charge in [0, 0.05) is 18.3 Å². The van der Waals surface area contributed by atoms with Crippen molar-refractivity contribution in [1.29, 1.82) is 0 Å². The first-order valence-corrected chi connectivity index (χ1v) is 7.40. The molecule has 0 bridgehead atoms. The molecule has 0 amide bonds. The van der Waals surface area contributed by atoms with Crippen LogP contribution in [0.1, 0.15) is 37.6 Å². The van der Waals surface area contributed by atoms with Gasteiger partial charge in [0.2, 0.25) is 0 Å². The number of aldehydes is 1. The van der Waals surface area contributed by atoms with Gasteiger partial charge >= 0.3 is 0 Å². The van der Waals surface area contributed by atoms with Gasteiger partial charge in [-0.15, -0.1) is 0 Å². The fourth-order valence-electron chi connectivity index (χ4n) is 2.13. The molecule has 0 atom stereocenters. The second-order valence-corrected chi connectivity index (χ2v) is 5.45. The topological polar surface area (TPSA) is 44.1 Å². The van der Waals surface area contributed by atoms with E-state index in [1.54, 1.807) is 0 Å². The lowest BCUT2D eigenvalue weighted by atomic mass is 10.1. The van der Waals surface area contributed by atoms with Crippen LogP contribution in [0.4, 0.5) is 0 Å². The molecule has 4 heteroatoms. The molecule has 0 N–H and O–H groups in total. The number of hydrogen-bond donors (Lipinski definition) is 0. The monoisotopic (exact) mass is 286 g/mol. The molecule has 21 heavy (non-hydrogen) atoms. The smallest absolute Gasteiger partial charge is 0.153 e. The van der Waals surface area contributed by atoms with Crippen LogP contribution in [0.25, 0.3) is 11.3 Å². The van der Waals surface area contributed by atoms with Crippen LogP contribution in [0.3, 0.4) is 0 Å². The lowest BCUT2D eigenvalue weighted by molar-refractivity contribution is 0.112. The third-order valence-electron chi connectivity index (χ3n) is 3.29. The van der Waals surface area contributed by atoms with Gasteiger partial charge in [0.05, 0.1) is 12.2 Å². The summed E-state index contributed by atoms with van der Waals surface area (Å²) in [6.45, 7) is 7.78. The van der Waals surface area contributed by atoms with Crippen molar-refractivity contribution in [3.05, 3.63) is 36.0 Å². The number of benzene rings is 1. The van der Waals surface area contributed by atoms with Crippen LogP contribution in [-0.2, 0) is 6.54 Å². The molecule has 0 spiro atoms. The van der Waals surface area contributed by atoms with Crippen LogP contribution in [0, 0.1) is 5.92 Å². The summed E-state index contributed by atoms with van der Waals surface area (Å²) in [6, 6.07) is 7.68. The second kappa shape index (κ2) is 7.07. The maximum atomic E-state index is 11.2. The van der Waals surface area contributed by atoms with E-state index < -0.39 is 0 Å². The molecular weight excluding hydrogens is 264 g/mol. The maximum absolute atomic E-state index is 11.2. The van der Waals surface area contributed by atoms with Gasteiger partial charge in [-0.3, -0.25) is 9.48 Å². The fraction of sp³-hybridized carbons (Fsp3) is 0.412. The molecule has 0 aliphatic rings. The molecule has 1 heterocycles. The summed E-state index contributed by atoms with van der Waals surface area (Å²) in [6.07, 6.45) is 3.73. The van der Waals surface area contributed by atoms with Crippen LogP contribution in [0.5, 0.6) is 5.75 Å².